The Morgan fingerprint density at radius 2 is 2.27 bits per heavy atom. The monoisotopic (exact) mass is 227 g/mol. The summed E-state index contributed by atoms with van der Waals surface area (Å²) in [6.07, 6.45) is 5.41. The highest BCUT2D eigenvalue weighted by atomic mass is 32.2. The second kappa shape index (κ2) is 4.99. The van der Waals surface area contributed by atoms with E-state index in [0.717, 1.165) is 16.8 Å². The average molecular weight is 227 g/mol. The Bertz CT molecular complexity index is 307. The fourth-order valence-electron chi connectivity index (χ4n) is 1.76. The third kappa shape index (κ3) is 2.95. The van der Waals surface area contributed by atoms with Crippen LogP contribution in [0.25, 0.3) is 0 Å². The van der Waals surface area contributed by atoms with Gasteiger partial charge < -0.3 is 10.3 Å². The number of nitrogens with zero attached hydrogens (tertiary/aromatic N) is 2. The fraction of sp³-hybridized carbons (Fsp3) is 0.800. The maximum atomic E-state index is 5.64. The van der Waals surface area contributed by atoms with Crippen molar-refractivity contribution in [3.63, 3.8) is 0 Å². The molecular weight excluding hydrogens is 210 g/mol. The lowest BCUT2D eigenvalue weighted by Gasteiger charge is -2.04. The second-order valence-electron chi connectivity index (χ2n) is 4.05. The molecule has 0 bridgehead atoms. The normalized spacial score (nSPS) is 19.6. The topological polar surface area (TPSA) is 64.9 Å². The molecule has 1 saturated carbocycles. The van der Waals surface area contributed by atoms with E-state index >= 15 is 0 Å². The van der Waals surface area contributed by atoms with E-state index in [1.165, 1.54) is 25.7 Å². The summed E-state index contributed by atoms with van der Waals surface area (Å²) in [6, 6.07) is -0.164. The number of aromatic nitrogens is 2. The van der Waals surface area contributed by atoms with Gasteiger partial charge in [0.25, 0.3) is 0 Å². The highest BCUT2D eigenvalue weighted by molar-refractivity contribution is 7.99. The highest BCUT2D eigenvalue weighted by Crippen LogP contribution is 2.31. The first-order valence-electron chi connectivity index (χ1n) is 5.45. The first-order chi connectivity index (χ1) is 7.25. The molecule has 0 aromatic carbocycles. The maximum Gasteiger partial charge on any atom is 0.243 e. The second-order valence-corrected chi connectivity index (χ2v) is 5.34. The number of thioether (sulfide) groups is 1. The van der Waals surface area contributed by atoms with Crippen LogP contribution < -0.4 is 5.73 Å². The molecule has 15 heavy (non-hydrogen) atoms. The third-order valence-electron chi connectivity index (χ3n) is 2.62. The van der Waals surface area contributed by atoms with Crippen molar-refractivity contribution in [1.29, 1.82) is 0 Å². The zero-order valence-corrected chi connectivity index (χ0v) is 9.80. The minimum absolute atomic E-state index is 0.164. The molecule has 1 aliphatic carbocycles. The molecule has 1 aliphatic rings. The van der Waals surface area contributed by atoms with E-state index < -0.39 is 0 Å². The van der Waals surface area contributed by atoms with E-state index in [1.807, 2.05) is 18.7 Å². The van der Waals surface area contributed by atoms with Gasteiger partial charge in [0.1, 0.15) is 0 Å². The summed E-state index contributed by atoms with van der Waals surface area (Å²) in [7, 11) is 0. The lowest BCUT2D eigenvalue weighted by Crippen LogP contribution is -2.05. The van der Waals surface area contributed by atoms with Crippen LogP contribution in [0.2, 0.25) is 0 Å². The largest absolute Gasteiger partial charge is 0.338 e. The molecular formula is C10H17N3OS. The molecule has 0 unspecified atom stereocenters. The molecule has 0 spiro atoms. The SMILES string of the molecule is C[C@H](N)c1nc(CSC2CCCC2)no1. The first-order valence-corrected chi connectivity index (χ1v) is 6.50. The average Bonchev–Trinajstić information content (AvgIpc) is 2.86. The molecule has 1 aromatic heterocycles. The van der Waals surface area contributed by atoms with Gasteiger partial charge in [-0.3, -0.25) is 0 Å². The number of hydrogen-bond acceptors (Lipinski definition) is 5. The van der Waals surface area contributed by atoms with Crippen molar-refractivity contribution in [3.8, 4) is 0 Å². The van der Waals surface area contributed by atoms with E-state index in [2.05, 4.69) is 10.1 Å². The molecule has 2 rings (SSSR count). The fourth-order valence-corrected chi connectivity index (χ4v) is 2.93. The zero-order chi connectivity index (χ0) is 10.7. The van der Waals surface area contributed by atoms with Gasteiger partial charge in [-0.15, -0.1) is 0 Å². The van der Waals surface area contributed by atoms with E-state index in [-0.39, 0.29) is 6.04 Å². The molecule has 0 saturated heterocycles. The summed E-state index contributed by atoms with van der Waals surface area (Å²) in [5.74, 6) is 2.16. The Balaban J connectivity index is 1.82. The van der Waals surface area contributed by atoms with Crippen molar-refractivity contribution < 1.29 is 4.52 Å². The van der Waals surface area contributed by atoms with Crippen molar-refractivity contribution in [3.05, 3.63) is 11.7 Å². The quantitative estimate of drug-likeness (QED) is 0.854. The maximum absolute atomic E-state index is 5.64. The minimum atomic E-state index is -0.164. The Morgan fingerprint density at radius 1 is 1.53 bits per heavy atom. The smallest absolute Gasteiger partial charge is 0.243 e. The van der Waals surface area contributed by atoms with Gasteiger partial charge in [-0.05, 0) is 19.8 Å². The van der Waals surface area contributed by atoms with E-state index in [0.29, 0.717) is 5.89 Å². The molecule has 0 aliphatic heterocycles. The molecule has 1 atom stereocenters. The Hall–Kier alpha value is -0.550. The number of hydrogen-bond donors (Lipinski definition) is 1. The summed E-state index contributed by atoms with van der Waals surface area (Å²) >= 11 is 1.94. The lowest BCUT2D eigenvalue weighted by molar-refractivity contribution is 0.358. The molecule has 1 fully saturated rings. The molecule has 0 radical (unpaired) electrons. The van der Waals surface area contributed by atoms with Gasteiger partial charge >= 0.3 is 0 Å². The van der Waals surface area contributed by atoms with Gasteiger partial charge in [0, 0.05) is 5.25 Å². The van der Waals surface area contributed by atoms with Crippen molar-refractivity contribution in [2.75, 3.05) is 0 Å². The predicted molar refractivity (Wildman–Crippen MR) is 60.5 cm³/mol. The Kier molecular flexibility index (Phi) is 3.64. The summed E-state index contributed by atoms with van der Waals surface area (Å²) < 4.78 is 5.04. The summed E-state index contributed by atoms with van der Waals surface area (Å²) in [4.78, 5) is 4.25. The molecule has 2 N–H and O–H groups in total. The van der Waals surface area contributed by atoms with E-state index in [9.17, 15) is 0 Å². The van der Waals surface area contributed by atoms with Crippen molar-refractivity contribution in [2.24, 2.45) is 5.73 Å². The number of rotatable bonds is 4. The lowest BCUT2D eigenvalue weighted by atomic mass is 10.4. The van der Waals surface area contributed by atoms with Crippen molar-refractivity contribution in [2.45, 2.75) is 49.7 Å². The minimum Gasteiger partial charge on any atom is -0.338 e. The van der Waals surface area contributed by atoms with Gasteiger partial charge in [0.15, 0.2) is 5.82 Å². The van der Waals surface area contributed by atoms with Crippen LogP contribution in [0, 0.1) is 0 Å². The highest BCUT2D eigenvalue weighted by Gasteiger charge is 2.17. The van der Waals surface area contributed by atoms with Crippen LogP contribution in [-0.4, -0.2) is 15.4 Å². The van der Waals surface area contributed by atoms with Crippen LogP contribution in [0.4, 0.5) is 0 Å². The van der Waals surface area contributed by atoms with Crippen LogP contribution in [0.15, 0.2) is 4.52 Å². The molecule has 1 heterocycles. The van der Waals surface area contributed by atoms with Gasteiger partial charge in [-0.2, -0.15) is 16.7 Å². The predicted octanol–water partition coefficient (Wildman–Crippen LogP) is 2.27. The molecule has 4 nitrogen and oxygen atoms in total. The van der Waals surface area contributed by atoms with Gasteiger partial charge in [0.2, 0.25) is 5.89 Å². The van der Waals surface area contributed by atoms with Crippen LogP contribution in [0.1, 0.15) is 50.4 Å². The standard InChI is InChI=1S/C10H17N3OS/c1-7(11)10-12-9(13-14-10)6-15-8-4-2-3-5-8/h7-8H,2-6,11H2,1H3/t7-/m0/s1. The van der Waals surface area contributed by atoms with E-state index in [4.69, 9.17) is 10.3 Å². The summed E-state index contributed by atoms with van der Waals surface area (Å²) in [5, 5.41) is 4.71. The zero-order valence-electron chi connectivity index (χ0n) is 8.98. The van der Waals surface area contributed by atoms with Gasteiger partial charge in [-0.1, -0.05) is 18.0 Å². The van der Waals surface area contributed by atoms with Crippen LogP contribution in [0.3, 0.4) is 0 Å². The number of nitrogens with two attached hydrogens (primary N) is 1. The van der Waals surface area contributed by atoms with Gasteiger partial charge in [0.05, 0.1) is 11.8 Å². The van der Waals surface area contributed by atoms with Crippen LogP contribution in [-0.2, 0) is 5.75 Å². The first kappa shape index (κ1) is 11.0. The van der Waals surface area contributed by atoms with E-state index in [1.54, 1.807) is 0 Å². The molecule has 5 heteroatoms. The molecule has 0 amide bonds. The van der Waals surface area contributed by atoms with Gasteiger partial charge in [-0.25, -0.2) is 0 Å². The molecule has 1 aromatic rings. The Labute approximate surface area is 94.0 Å². The van der Waals surface area contributed by atoms with Crippen molar-refractivity contribution >= 4 is 11.8 Å². The van der Waals surface area contributed by atoms with Crippen LogP contribution >= 0.6 is 11.8 Å². The van der Waals surface area contributed by atoms with Crippen LogP contribution in [0.5, 0.6) is 0 Å². The Morgan fingerprint density at radius 3 is 2.87 bits per heavy atom. The van der Waals surface area contributed by atoms with Crippen molar-refractivity contribution in [1.82, 2.24) is 10.1 Å². The summed E-state index contributed by atoms with van der Waals surface area (Å²) in [5.41, 5.74) is 5.64. The third-order valence-corrected chi connectivity index (χ3v) is 3.99. The molecule has 84 valence electrons. The summed E-state index contributed by atoms with van der Waals surface area (Å²) in [6.45, 7) is 1.85.